The first-order valence-electron chi connectivity index (χ1n) is 9.09. The molecule has 0 saturated heterocycles. The van der Waals surface area contributed by atoms with Crippen molar-refractivity contribution in [3.63, 3.8) is 0 Å². The Bertz CT molecular complexity index is 1390. The number of aldehydes is 1. The number of hydrogen-bond donors (Lipinski definition) is 0. The summed E-state index contributed by atoms with van der Waals surface area (Å²) in [6, 6.07) is 21.7. The zero-order chi connectivity index (χ0) is 20.0. The molecule has 0 aliphatic carbocycles. The molecule has 5 rings (SSSR count). The molecule has 0 aliphatic heterocycles. The van der Waals surface area contributed by atoms with Gasteiger partial charge >= 0.3 is 0 Å². The molecule has 0 fully saturated rings. The third-order valence-corrected chi connectivity index (χ3v) is 6.04. The molecule has 1 unspecified atom stereocenters. The Morgan fingerprint density at radius 3 is 2.03 bits per heavy atom. The van der Waals surface area contributed by atoms with E-state index in [1.165, 1.54) is 0 Å². The molecule has 0 N–H and O–H groups in total. The van der Waals surface area contributed by atoms with Crippen LogP contribution in [0.15, 0.2) is 60.7 Å². The number of carbonyl (C=O) groups is 1. The summed E-state index contributed by atoms with van der Waals surface area (Å²) in [5.41, 5.74) is 3.16. The third kappa shape index (κ3) is 2.57. The Balaban J connectivity index is 1.90. The van der Waals surface area contributed by atoms with Crippen LogP contribution in [0.2, 0.25) is 0 Å². The smallest absolute Gasteiger partial charge is 0.146 e. The summed E-state index contributed by atoms with van der Waals surface area (Å²) in [7, 11) is 0. The molecule has 0 aliphatic rings. The summed E-state index contributed by atoms with van der Waals surface area (Å²) >= 11 is 1.56. The number of carbonyl (C=O) groups excluding carboxylic acids is 1. The highest BCUT2D eigenvalue weighted by Gasteiger charge is 2.27. The minimum atomic E-state index is -0.931. The van der Waals surface area contributed by atoms with Crippen LogP contribution in [0.25, 0.3) is 31.8 Å². The minimum Gasteiger partial charge on any atom is -0.301 e. The summed E-state index contributed by atoms with van der Waals surface area (Å²) in [5, 5.41) is 20.7. The molecule has 1 atom stereocenters. The van der Waals surface area contributed by atoms with E-state index >= 15 is 0 Å². The molecular weight excluding hydrogens is 382 g/mol. The number of fused-ring (bicyclic) bond motifs is 3. The molecule has 7 heteroatoms. The van der Waals surface area contributed by atoms with Crippen LogP contribution in [0.1, 0.15) is 17.3 Å². The zero-order valence-corrected chi connectivity index (χ0v) is 16.3. The third-order valence-electron chi connectivity index (χ3n) is 4.90. The number of rotatable bonds is 4. The molecule has 140 valence electrons. The number of nitrogens with zero attached hydrogens (tertiary/aromatic N) is 5. The lowest BCUT2D eigenvalue weighted by molar-refractivity contribution is -0.108. The van der Waals surface area contributed by atoms with Crippen LogP contribution in [0, 0.1) is 18.3 Å². The zero-order valence-electron chi connectivity index (χ0n) is 15.5. The van der Waals surface area contributed by atoms with Crippen molar-refractivity contribution in [3.05, 3.63) is 72.1 Å². The topological polar surface area (TPSA) is 76.5 Å². The molecule has 29 heavy (non-hydrogen) atoms. The fourth-order valence-corrected chi connectivity index (χ4v) is 4.90. The van der Waals surface area contributed by atoms with E-state index in [1.54, 1.807) is 11.3 Å². The molecule has 0 bridgehead atoms. The van der Waals surface area contributed by atoms with Gasteiger partial charge in [0.25, 0.3) is 0 Å². The van der Waals surface area contributed by atoms with Gasteiger partial charge in [-0.15, -0.1) is 0 Å². The maximum absolute atomic E-state index is 11.6. The fourth-order valence-electron chi connectivity index (χ4n) is 3.59. The van der Waals surface area contributed by atoms with Gasteiger partial charge in [-0.2, -0.15) is 15.5 Å². The lowest BCUT2D eigenvalue weighted by Crippen LogP contribution is -2.01. The van der Waals surface area contributed by atoms with E-state index in [9.17, 15) is 10.1 Å². The van der Waals surface area contributed by atoms with Crippen molar-refractivity contribution in [2.45, 2.75) is 12.8 Å². The standard InChI is InChI=1S/C22H15N5OS/c1-14-18-19-20(15(12-23)13-28)25-27(17-10-6-3-7-11-17)22(19)29-21(18)26(24-14)16-8-4-2-5-9-16/h2-11,13,15H,1H3. The van der Waals surface area contributed by atoms with Crippen LogP contribution in [0.3, 0.4) is 0 Å². The van der Waals surface area contributed by atoms with Gasteiger partial charge < -0.3 is 4.79 Å². The summed E-state index contributed by atoms with van der Waals surface area (Å²) < 4.78 is 3.73. The van der Waals surface area contributed by atoms with Crippen molar-refractivity contribution >= 4 is 38.1 Å². The normalized spacial score (nSPS) is 12.3. The molecule has 0 saturated carbocycles. The molecule has 3 aromatic heterocycles. The molecule has 0 amide bonds. The molecule has 3 heterocycles. The van der Waals surface area contributed by atoms with Crippen LogP contribution in [-0.2, 0) is 4.79 Å². The Hall–Kier alpha value is -3.76. The van der Waals surface area contributed by atoms with Crippen molar-refractivity contribution in [2.75, 3.05) is 0 Å². The highest BCUT2D eigenvalue weighted by atomic mass is 32.1. The summed E-state index contributed by atoms with van der Waals surface area (Å²) in [6.45, 7) is 1.94. The van der Waals surface area contributed by atoms with E-state index in [0.29, 0.717) is 12.0 Å². The van der Waals surface area contributed by atoms with Crippen molar-refractivity contribution < 1.29 is 4.79 Å². The second kappa shape index (κ2) is 6.69. The first-order chi connectivity index (χ1) is 14.2. The lowest BCUT2D eigenvalue weighted by atomic mass is 10.1. The average molecular weight is 397 g/mol. The number of aromatic nitrogens is 4. The fraction of sp³-hybridized carbons (Fsp3) is 0.0909. The molecule has 2 aromatic carbocycles. The van der Waals surface area contributed by atoms with Crippen molar-refractivity contribution in [1.29, 1.82) is 5.26 Å². The molecule has 5 aromatic rings. The van der Waals surface area contributed by atoms with Gasteiger partial charge in [0.15, 0.2) is 0 Å². The number of hydrogen-bond acceptors (Lipinski definition) is 5. The van der Waals surface area contributed by atoms with Crippen molar-refractivity contribution in [3.8, 4) is 17.4 Å². The van der Waals surface area contributed by atoms with Gasteiger partial charge in [0, 0.05) is 10.8 Å². The van der Waals surface area contributed by atoms with Crippen LogP contribution >= 0.6 is 11.3 Å². The van der Waals surface area contributed by atoms with Crippen LogP contribution < -0.4 is 0 Å². The molecule has 0 radical (unpaired) electrons. The van der Waals surface area contributed by atoms with Crippen molar-refractivity contribution in [2.24, 2.45) is 0 Å². The first kappa shape index (κ1) is 17.3. The van der Waals surface area contributed by atoms with Crippen LogP contribution in [0.4, 0.5) is 0 Å². The van der Waals surface area contributed by atoms with Gasteiger partial charge in [0.1, 0.15) is 21.9 Å². The van der Waals surface area contributed by atoms with E-state index in [0.717, 1.165) is 37.5 Å². The Labute approximate surface area is 170 Å². The van der Waals surface area contributed by atoms with E-state index in [1.807, 2.05) is 77.0 Å². The average Bonchev–Trinajstić information content (AvgIpc) is 3.41. The van der Waals surface area contributed by atoms with E-state index < -0.39 is 5.92 Å². The monoisotopic (exact) mass is 397 g/mol. The largest absolute Gasteiger partial charge is 0.301 e. The van der Waals surface area contributed by atoms with Gasteiger partial charge in [0.05, 0.1) is 28.8 Å². The van der Waals surface area contributed by atoms with Crippen LogP contribution in [-0.4, -0.2) is 25.8 Å². The lowest BCUT2D eigenvalue weighted by Gasteiger charge is -2.03. The van der Waals surface area contributed by atoms with Gasteiger partial charge in [-0.3, -0.25) is 0 Å². The van der Waals surface area contributed by atoms with E-state index in [4.69, 9.17) is 5.10 Å². The van der Waals surface area contributed by atoms with Crippen molar-refractivity contribution in [1.82, 2.24) is 19.6 Å². The highest BCUT2D eigenvalue weighted by molar-refractivity contribution is 7.25. The Morgan fingerprint density at radius 2 is 1.48 bits per heavy atom. The molecular formula is C22H15N5OS. The second-order valence-electron chi connectivity index (χ2n) is 6.67. The molecule has 0 spiro atoms. The molecule has 6 nitrogen and oxygen atoms in total. The number of para-hydroxylation sites is 2. The van der Waals surface area contributed by atoms with Gasteiger partial charge in [-0.05, 0) is 31.2 Å². The number of benzene rings is 2. The number of nitriles is 1. The minimum absolute atomic E-state index is 0.475. The maximum Gasteiger partial charge on any atom is 0.146 e. The summed E-state index contributed by atoms with van der Waals surface area (Å²) in [6.07, 6.45) is 0.650. The van der Waals surface area contributed by atoms with Gasteiger partial charge in [-0.25, -0.2) is 9.36 Å². The van der Waals surface area contributed by atoms with Gasteiger partial charge in [0.2, 0.25) is 0 Å². The second-order valence-corrected chi connectivity index (χ2v) is 7.65. The SMILES string of the molecule is Cc1nn(-c2ccccc2)c2sc3c(c(C(C#N)C=O)nn3-c3ccccc3)c12. The predicted molar refractivity (Wildman–Crippen MR) is 113 cm³/mol. The predicted octanol–water partition coefficient (Wildman–Crippen LogP) is 4.54. The summed E-state index contributed by atoms with van der Waals surface area (Å²) in [5.74, 6) is -0.931. The van der Waals surface area contributed by atoms with Crippen LogP contribution in [0.5, 0.6) is 0 Å². The van der Waals surface area contributed by atoms with E-state index in [-0.39, 0.29) is 0 Å². The van der Waals surface area contributed by atoms with Gasteiger partial charge in [-0.1, -0.05) is 47.7 Å². The summed E-state index contributed by atoms with van der Waals surface area (Å²) in [4.78, 5) is 13.5. The van der Waals surface area contributed by atoms with E-state index in [2.05, 4.69) is 11.2 Å². The first-order valence-corrected chi connectivity index (χ1v) is 9.91. The number of aryl methyl sites for hydroxylation is 1. The maximum atomic E-state index is 11.6. The Kier molecular flexibility index (Phi) is 4.00. The highest BCUT2D eigenvalue weighted by Crippen LogP contribution is 2.41. The Morgan fingerprint density at radius 1 is 0.931 bits per heavy atom. The number of thiophene rings is 1. The quantitative estimate of drug-likeness (QED) is 0.417.